The van der Waals surface area contributed by atoms with E-state index in [9.17, 15) is 8.42 Å². The highest BCUT2D eigenvalue weighted by Gasteiger charge is 2.24. The first kappa shape index (κ1) is 15.7. The molecule has 1 aromatic rings. The lowest BCUT2D eigenvalue weighted by Crippen LogP contribution is -2.32. The molecule has 7 heteroatoms. The lowest BCUT2D eigenvalue weighted by molar-refractivity contribution is 0.410. The van der Waals surface area contributed by atoms with E-state index in [1.807, 2.05) is 13.8 Å². The first-order valence-electron chi connectivity index (χ1n) is 5.74. The molecule has 1 heterocycles. The van der Waals surface area contributed by atoms with Crippen LogP contribution in [0.1, 0.15) is 26.7 Å². The number of halogens is 2. The van der Waals surface area contributed by atoms with E-state index in [2.05, 4.69) is 4.98 Å². The van der Waals surface area contributed by atoms with Crippen LogP contribution in [0.3, 0.4) is 0 Å². The quantitative estimate of drug-likeness (QED) is 0.758. The van der Waals surface area contributed by atoms with Crippen molar-refractivity contribution in [1.82, 2.24) is 9.29 Å². The van der Waals surface area contributed by atoms with Gasteiger partial charge in [-0.15, -0.1) is 0 Å². The van der Waals surface area contributed by atoms with Crippen molar-refractivity contribution in [3.05, 3.63) is 22.4 Å². The van der Waals surface area contributed by atoms with Gasteiger partial charge in [0.25, 0.3) is 0 Å². The summed E-state index contributed by atoms with van der Waals surface area (Å²) >= 11 is 11.5. The Morgan fingerprint density at radius 1 is 1.22 bits per heavy atom. The Morgan fingerprint density at radius 2 is 1.78 bits per heavy atom. The van der Waals surface area contributed by atoms with Gasteiger partial charge < -0.3 is 0 Å². The van der Waals surface area contributed by atoms with Crippen molar-refractivity contribution in [1.29, 1.82) is 0 Å². The molecule has 0 radical (unpaired) electrons. The van der Waals surface area contributed by atoms with Gasteiger partial charge in [0, 0.05) is 19.3 Å². The summed E-state index contributed by atoms with van der Waals surface area (Å²) in [5.41, 5.74) is 0. The monoisotopic (exact) mass is 310 g/mol. The minimum absolute atomic E-state index is 0.0822. The Bertz CT molecular complexity index is 500. The summed E-state index contributed by atoms with van der Waals surface area (Å²) in [6, 6.07) is 1.34. The molecule has 0 aromatic carbocycles. The third kappa shape index (κ3) is 3.57. The molecule has 0 atom stereocenters. The van der Waals surface area contributed by atoms with Gasteiger partial charge in [-0.05, 0) is 18.9 Å². The van der Waals surface area contributed by atoms with Crippen molar-refractivity contribution in [2.75, 3.05) is 13.1 Å². The molecule has 0 aliphatic carbocycles. The maximum Gasteiger partial charge on any atom is 0.244 e. The van der Waals surface area contributed by atoms with Crippen molar-refractivity contribution in [2.24, 2.45) is 0 Å². The lowest BCUT2D eigenvalue weighted by Gasteiger charge is -2.20. The molecular weight excluding hydrogens is 295 g/mol. The van der Waals surface area contributed by atoms with E-state index >= 15 is 0 Å². The normalized spacial score (nSPS) is 12.1. The summed E-state index contributed by atoms with van der Waals surface area (Å²) in [5.74, 6) is 0. The Hall–Kier alpha value is -0.360. The second-order valence-electron chi connectivity index (χ2n) is 3.85. The number of nitrogens with zero attached hydrogens (tertiary/aromatic N) is 2. The van der Waals surface area contributed by atoms with Crippen LogP contribution in [-0.4, -0.2) is 30.8 Å². The summed E-state index contributed by atoms with van der Waals surface area (Å²) in [7, 11) is -3.54. The van der Waals surface area contributed by atoms with E-state index in [0.29, 0.717) is 13.1 Å². The highest BCUT2D eigenvalue weighted by molar-refractivity contribution is 7.89. The van der Waals surface area contributed by atoms with Crippen LogP contribution < -0.4 is 0 Å². The van der Waals surface area contributed by atoms with Crippen LogP contribution in [0.15, 0.2) is 17.2 Å². The van der Waals surface area contributed by atoms with Crippen LogP contribution in [-0.2, 0) is 10.0 Å². The van der Waals surface area contributed by atoms with Gasteiger partial charge in [0.1, 0.15) is 10.0 Å². The van der Waals surface area contributed by atoms with Crippen molar-refractivity contribution < 1.29 is 8.42 Å². The molecule has 0 spiro atoms. The fraction of sp³-hybridized carbons (Fsp3) is 0.545. The summed E-state index contributed by atoms with van der Waals surface area (Å²) in [4.78, 5) is 3.86. The Balaban J connectivity index is 3.13. The molecule has 0 aliphatic heterocycles. The molecular formula is C11H16Cl2N2O2S. The molecule has 0 unspecified atom stereocenters. The Morgan fingerprint density at radius 3 is 2.22 bits per heavy atom. The molecule has 0 saturated heterocycles. The third-order valence-corrected chi connectivity index (χ3v) is 4.90. The second-order valence-corrected chi connectivity index (χ2v) is 6.55. The fourth-order valence-corrected chi connectivity index (χ4v) is 3.48. The van der Waals surface area contributed by atoms with Crippen molar-refractivity contribution in [3.63, 3.8) is 0 Å². The number of hydrogen-bond acceptors (Lipinski definition) is 3. The first-order valence-corrected chi connectivity index (χ1v) is 7.94. The van der Waals surface area contributed by atoms with Crippen LogP contribution in [0.25, 0.3) is 0 Å². The zero-order valence-electron chi connectivity index (χ0n) is 10.4. The van der Waals surface area contributed by atoms with Crippen LogP contribution in [0.4, 0.5) is 0 Å². The summed E-state index contributed by atoms with van der Waals surface area (Å²) in [5, 5.41) is 0.249. The minimum atomic E-state index is -3.54. The fourth-order valence-electron chi connectivity index (χ4n) is 1.54. The van der Waals surface area contributed by atoms with Gasteiger partial charge >= 0.3 is 0 Å². The number of aromatic nitrogens is 1. The second kappa shape index (κ2) is 6.70. The summed E-state index contributed by atoms with van der Waals surface area (Å²) in [6.45, 7) is 4.84. The molecule has 0 bridgehead atoms. The number of pyridine rings is 1. The van der Waals surface area contributed by atoms with Crippen LogP contribution in [0.5, 0.6) is 0 Å². The van der Waals surface area contributed by atoms with E-state index in [4.69, 9.17) is 23.2 Å². The lowest BCUT2D eigenvalue weighted by atomic mass is 10.4. The maximum absolute atomic E-state index is 12.4. The molecule has 1 aromatic heterocycles. The van der Waals surface area contributed by atoms with Crippen LogP contribution in [0.2, 0.25) is 10.2 Å². The molecule has 0 fully saturated rings. The van der Waals surface area contributed by atoms with E-state index in [1.165, 1.54) is 16.6 Å². The largest absolute Gasteiger partial charge is 0.244 e. The van der Waals surface area contributed by atoms with Gasteiger partial charge in [-0.1, -0.05) is 37.0 Å². The van der Waals surface area contributed by atoms with Crippen LogP contribution >= 0.6 is 23.2 Å². The Labute approximate surface area is 118 Å². The summed E-state index contributed by atoms with van der Waals surface area (Å²) < 4.78 is 26.2. The molecule has 0 saturated carbocycles. The van der Waals surface area contributed by atoms with E-state index < -0.39 is 10.0 Å². The van der Waals surface area contributed by atoms with Crippen molar-refractivity contribution in [3.8, 4) is 0 Å². The van der Waals surface area contributed by atoms with Crippen LogP contribution in [0, 0.1) is 0 Å². The minimum Gasteiger partial charge on any atom is -0.242 e. The molecule has 102 valence electrons. The van der Waals surface area contributed by atoms with Gasteiger partial charge in [0.15, 0.2) is 0 Å². The van der Waals surface area contributed by atoms with Gasteiger partial charge in [-0.3, -0.25) is 0 Å². The molecule has 0 N–H and O–H groups in total. The standard InChI is InChI=1S/C11H16Cl2N2O2S/c1-3-5-15(6-4-2)18(16,17)9-7-10(12)11(13)14-8-9/h7-8H,3-6H2,1-2H3. The number of hydrogen-bond donors (Lipinski definition) is 0. The molecule has 18 heavy (non-hydrogen) atoms. The molecule has 1 rings (SSSR count). The third-order valence-electron chi connectivity index (χ3n) is 2.35. The molecule has 0 amide bonds. The predicted octanol–water partition coefficient (Wildman–Crippen LogP) is 3.20. The average molecular weight is 311 g/mol. The zero-order chi connectivity index (χ0) is 13.8. The van der Waals surface area contributed by atoms with Crippen molar-refractivity contribution >= 4 is 33.2 Å². The predicted molar refractivity (Wildman–Crippen MR) is 73.6 cm³/mol. The van der Waals surface area contributed by atoms with E-state index in [1.54, 1.807) is 0 Å². The number of sulfonamides is 1. The van der Waals surface area contributed by atoms with Crippen molar-refractivity contribution in [2.45, 2.75) is 31.6 Å². The van der Waals surface area contributed by atoms with E-state index in [-0.39, 0.29) is 15.1 Å². The van der Waals surface area contributed by atoms with Gasteiger partial charge in [-0.25, -0.2) is 13.4 Å². The molecule has 0 aliphatic rings. The SMILES string of the molecule is CCCN(CCC)S(=O)(=O)c1cnc(Cl)c(Cl)c1. The topological polar surface area (TPSA) is 50.3 Å². The van der Waals surface area contributed by atoms with E-state index in [0.717, 1.165) is 12.8 Å². The molecule has 4 nitrogen and oxygen atoms in total. The number of rotatable bonds is 6. The Kier molecular flexibility index (Phi) is 5.85. The summed E-state index contributed by atoms with van der Waals surface area (Å²) in [6.07, 6.45) is 2.75. The van der Waals surface area contributed by atoms with Gasteiger partial charge in [-0.2, -0.15) is 4.31 Å². The van der Waals surface area contributed by atoms with Gasteiger partial charge in [0.2, 0.25) is 10.0 Å². The zero-order valence-corrected chi connectivity index (χ0v) is 12.7. The average Bonchev–Trinajstić information content (AvgIpc) is 2.32. The smallest absolute Gasteiger partial charge is 0.242 e. The first-order chi connectivity index (χ1) is 8.43. The maximum atomic E-state index is 12.4. The highest BCUT2D eigenvalue weighted by Crippen LogP contribution is 2.24. The van der Waals surface area contributed by atoms with Gasteiger partial charge in [0.05, 0.1) is 5.02 Å². The highest BCUT2D eigenvalue weighted by atomic mass is 35.5.